The van der Waals surface area contributed by atoms with Crippen molar-refractivity contribution in [2.45, 2.75) is 25.8 Å². The van der Waals surface area contributed by atoms with Gasteiger partial charge in [-0.15, -0.1) is 0 Å². The second kappa shape index (κ2) is 5.55. The molecule has 0 aromatic heterocycles. The Labute approximate surface area is 111 Å². The van der Waals surface area contributed by atoms with Crippen molar-refractivity contribution in [1.82, 2.24) is 0 Å². The van der Waals surface area contributed by atoms with Gasteiger partial charge in [0, 0.05) is 42.5 Å². The lowest BCUT2D eigenvalue weighted by molar-refractivity contribution is -0.384. The summed E-state index contributed by atoms with van der Waals surface area (Å²) in [5.41, 5.74) is 5.74. The molecule has 0 saturated carbocycles. The van der Waals surface area contributed by atoms with Gasteiger partial charge in [0.05, 0.1) is 4.92 Å². The summed E-state index contributed by atoms with van der Waals surface area (Å²) >= 11 is 0. The molecule has 1 amide bonds. The molecule has 0 atom stereocenters. The topological polar surface area (TPSA) is 110 Å². The van der Waals surface area contributed by atoms with E-state index < -0.39 is 16.4 Å². The van der Waals surface area contributed by atoms with Gasteiger partial charge >= 0.3 is 0 Å². The number of primary amides is 1. The number of benzene rings is 1. The van der Waals surface area contributed by atoms with Crippen LogP contribution in [0.3, 0.4) is 0 Å². The summed E-state index contributed by atoms with van der Waals surface area (Å²) in [5, 5.41) is 16.8. The fourth-order valence-corrected chi connectivity index (χ4v) is 1.80. The van der Waals surface area contributed by atoms with Crippen molar-refractivity contribution in [3.8, 4) is 0 Å². The number of nitro benzene ring substituents is 1. The van der Waals surface area contributed by atoms with Gasteiger partial charge in [-0.3, -0.25) is 14.9 Å². The molecule has 0 saturated heterocycles. The van der Waals surface area contributed by atoms with Gasteiger partial charge in [-0.2, -0.15) is 0 Å². The molecule has 7 nitrogen and oxygen atoms in total. The van der Waals surface area contributed by atoms with Crippen LogP contribution in [0.1, 0.15) is 20.3 Å². The van der Waals surface area contributed by atoms with Crippen LogP contribution in [0.25, 0.3) is 0 Å². The molecule has 0 fully saturated rings. The Bertz CT molecular complexity index is 500. The molecule has 0 aliphatic carbocycles. The molecule has 1 aromatic carbocycles. The normalized spacial score (nSPS) is 10.9. The second-order valence-corrected chi connectivity index (χ2v) is 4.93. The Kier molecular flexibility index (Phi) is 4.31. The van der Waals surface area contributed by atoms with Crippen LogP contribution in [0.15, 0.2) is 18.2 Å². The van der Waals surface area contributed by atoms with Gasteiger partial charge in [0.15, 0.2) is 0 Å². The van der Waals surface area contributed by atoms with Crippen LogP contribution in [0.2, 0.25) is 0 Å². The summed E-state index contributed by atoms with van der Waals surface area (Å²) in [6, 6.07) is 4.59. The first-order chi connectivity index (χ1) is 8.73. The number of non-ortho nitro benzene ring substituents is 1. The van der Waals surface area contributed by atoms with E-state index in [1.165, 1.54) is 12.1 Å². The molecular weight excluding hydrogens is 248 g/mol. The number of nitrogens with zero attached hydrogens (tertiary/aromatic N) is 1. The number of rotatable bonds is 6. The first-order valence-corrected chi connectivity index (χ1v) is 5.77. The van der Waals surface area contributed by atoms with Gasteiger partial charge in [0.2, 0.25) is 5.91 Å². The average molecular weight is 266 g/mol. The highest BCUT2D eigenvalue weighted by Crippen LogP contribution is 2.27. The Morgan fingerprint density at radius 1 is 1.37 bits per heavy atom. The van der Waals surface area contributed by atoms with Gasteiger partial charge in [0.1, 0.15) is 0 Å². The standard InChI is InChI=1S/C12H18N4O3/c1-12(2,7-11(13)17)15-9-4-8(14-3)5-10(6-9)16(18)19/h4-6,14-15H,7H2,1-3H3,(H2,13,17). The van der Waals surface area contributed by atoms with Crippen LogP contribution in [0.4, 0.5) is 17.1 Å². The lowest BCUT2D eigenvalue weighted by Crippen LogP contribution is -2.36. The minimum atomic E-state index is -0.577. The van der Waals surface area contributed by atoms with E-state index >= 15 is 0 Å². The number of amides is 1. The van der Waals surface area contributed by atoms with E-state index in [0.717, 1.165) is 0 Å². The van der Waals surface area contributed by atoms with E-state index in [1.807, 2.05) is 0 Å². The molecule has 0 heterocycles. The smallest absolute Gasteiger partial charge is 0.273 e. The van der Waals surface area contributed by atoms with E-state index in [1.54, 1.807) is 27.0 Å². The van der Waals surface area contributed by atoms with Crippen molar-refractivity contribution in [1.29, 1.82) is 0 Å². The lowest BCUT2D eigenvalue weighted by Gasteiger charge is -2.26. The predicted molar refractivity (Wildman–Crippen MR) is 74.2 cm³/mol. The van der Waals surface area contributed by atoms with Gasteiger partial charge in [-0.1, -0.05) is 0 Å². The van der Waals surface area contributed by atoms with Crippen molar-refractivity contribution in [2.24, 2.45) is 5.73 Å². The zero-order valence-corrected chi connectivity index (χ0v) is 11.2. The number of anilines is 2. The summed E-state index contributed by atoms with van der Waals surface area (Å²) in [6.45, 7) is 3.60. The van der Waals surface area contributed by atoms with Gasteiger partial charge in [-0.05, 0) is 19.9 Å². The third kappa shape index (κ3) is 4.46. The zero-order valence-electron chi connectivity index (χ0n) is 11.2. The van der Waals surface area contributed by atoms with Gasteiger partial charge in [-0.25, -0.2) is 0 Å². The predicted octanol–water partition coefficient (Wildman–Crippen LogP) is 1.70. The summed E-state index contributed by atoms with van der Waals surface area (Å²) in [6.07, 6.45) is 0.130. The summed E-state index contributed by atoms with van der Waals surface area (Å²) in [7, 11) is 1.68. The number of nitro groups is 1. The summed E-state index contributed by atoms with van der Waals surface area (Å²) < 4.78 is 0. The fraction of sp³-hybridized carbons (Fsp3) is 0.417. The molecule has 7 heteroatoms. The molecule has 0 aliphatic heterocycles. The van der Waals surface area contributed by atoms with E-state index in [-0.39, 0.29) is 12.1 Å². The van der Waals surface area contributed by atoms with Crippen molar-refractivity contribution in [3.05, 3.63) is 28.3 Å². The largest absolute Gasteiger partial charge is 0.388 e. The van der Waals surface area contributed by atoms with Gasteiger partial charge in [0.25, 0.3) is 5.69 Å². The molecular formula is C12H18N4O3. The van der Waals surface area contributed by atoms with E-state index in [9.17, 15) is 14.9 Å². The third-order valence-corrected chi connectivity index (χ3v) is 2.52. The SMILES string of the molecule is CNc1cc(NC(C)(C)CC(N)=O)cc([N+](=O)[O-])c1. The van der Waals surface area contributed by atoms with Crippen LogP contribution in [0, 0.1) is 10.1 Å². The Morgan fingerprint density at radius 3 is 2.42 bits per heavy atom. The Hall–Kier alpha value is -2.31. The average Bonchev–Trinajstić information content (AvgIpc) is 2.25. The maximum atomic E-state index is 11.0. The van der Waals surface area contributed by atoms with Crippen LogP contribution in [-0.4, -0.2) is 23.4 Å². The number of nitrogens with one attached hydrogen (secondary N) is 2. The summed E-state index contributed by atoms with van der Waals surface area (Å²) in [4.78, 5) is 21.3. The number of hydrogen-bond donors (Lipinski definition) is 3. The second-order valence-electron chi connectivity index (χ2n) is 4.93. The molecule has 4 N–H and O–H groups in total. The van der Waals surface area contributed by atoms with Crippen molar-refractivity contribution >= 4 is 23.0 Å². The highest BCUT2D eigenvalue weighted by Gasteiger charge is 2.21. The van der Waals surface area contributed by atoms with Crippen LogP contribution in [-0.2, 0) is 4.79 Å². The Balaban J connectivity index is 3.03. The summed E-state index contributed by atoms with van der Waals surface area (Å²) in [5.74, 6) is -0.434. The molecule has 0 spiro atoms. The van der Waals surface area contributed by atoms with Crippen LogP contribution in [0.5, 0.6) is 0 Å². The third-order valence-electron chi connectivity index (χ3n) is 2.52. The molecule has 0 unspecified atom stereocenters. The molecule has 104 valence electrons. The van der Waals surface area contributed by atoms with Crippen molar-refractivity contribution < 1.29 is 9.72 Å². The van der Waals surface area contributed by atoms with E-state index in [2.05, 4.69) is 10.6 Å². The number of nitrogens with two attached hydrogens (primary N) is 1. The minimum absolute atomic E-state index is 0.0239. The van der Waals surface area contributed by atoms with Crippen LogP contribution < -0.4 is 16.4 Å². The highest BCUT2D eigenvalue weighted by molar-refractivity contribution is 5.76. The monoisotopic (exact) mass is 266 g/mol. The maximum absolute atomic E-state index is 11.0. The van der Waals surface area contributed by atoms with E-state index in [4.69, 9.17) is 5.73 Å². The van der Waals surface area contributed by atoms with Crippen molar-refractivity contribution in [2.75, 3.05) is 17.7 Å². The Morgan fingerprint density at radius 2 is 1.95 bits per heavy atom. The first kappa shape index (κ1) is 14.7. The molecule has 1 rings (SSSR count). The lowest BCUT2D eigenvalue weighted by atomic mass is 9.99. The van der Waals surface area contributed by atoms with Crippen LogP contribution >= 0.6 is 0 Å². The quantitative estimate of drug-likeness (QED) is 0.536. The molecule has 0 bridgehead atoms. The fourth-order valence-electron chi connectivity index (χ4n) is 1.80. The molecule has 0 radical (unpaired) electrons. The number of hydrogen-bond acceptors (Lipinski definition) is 5. The highest BCUT2D eigenvalue weighted by atomic mass is 16.6. The maximum Gasteiger partial charge on any atom is 0.273 e. The van der Waals surface area contributed by atoms with Gasteiger partial charge < -0.3 is 16.4 Å². The molecule has 1 aromatic rings. The molecule has 19 heavy (non-hydrogen) atoms. The zero-order chi connectivity index (χ0) is 14.6. The van der Waals surface area contributed by atoms with Crippen molar-refractivity contribution in [3.63, 3.8) is 0 Å². The van der Waals surface area contributed by atoms with E-state index in [0.29, 0.717) is 11.4 Å². The number of carbonyl (C=O) groups excluding carboxylic acids is 1. The minimum Gasteiger partial charge on any atom is -0.388 e. The number of carbonyl (C=O) groups is 1. The molecule has 0 aliphatic rings. The first-order valence-electron chi connectivity index (χ1n) is 5.77.